The average Bonchev–Trinajstić information content (AvgIpc) is 1.87. The molecule has 0 aliphatic heterocycles. The molecule has 0 saturated heterocycles. The molecule has 7 N–H and O–H groups in total. The second kappa shape index (κ2) is 3.97. The van der Waals surface area contributed by atoms with Crippen molar-refractivity contribution in [3.63, 3.8) is 0 Å². The summed E-state index contributed by atoms with van der Waals surface area (Å²) in [7, 11) is 0. The summed E-state index contributed by atoms with van der Waals surface area (Å²) >= 11 is 0. The van der Waals surface area contributed by atoms with Crippen molar-refractivity contribution in [2.75, 3.05) is 13.2 Å². The summed E-state index contributed by atoms with van der Waals surface area (Å²) in [4.78, 5) is 0. The van der Waals surface area contributed by atoms with Crippen molar-refractivity contribution in [2.24, 2.45) is 17.3 Å². The highest BCUT2D eigenvalue weighted by molar-refractivity contribution is 5.01. The predicted octanol–water partition coefficient (Wildman–Crippen LogP) is -1.74. The van der Waals surface area contributed by atoms with Crippen LogP contribution in [0.1, 0.15) is 6.92 Å². The molecule has 0 spiro atoms. The lowest BCUT2D eigenvalue weighted by molar-refractivity contribution is 0.226. The van der Waals surface area contributed by atoms with Crippen LogP contribution in [0.3, 0.4) is 0 Å². The van der Waals surface area contributed by atoms with E-state index < -0.39 is 0 Å². The number of allylic oxidation sites excluding steroid dienone is 1. The Morgan fingerprint density at radius 1 is 1.50 bits per heavy atom. The fourth-order valence-electron chi connectivity index (χ4n) is 0.455. The Morgan fingerprint density at radius 2 is 2.00 bits per heavy atom. The molecule has 0 bridgehead atoms. The molecule has 0 aromatic heterocycles. The van der Waals surface area contributed by atoms with Crippen molar-refractivity contribution in [3.8, 4) is 0 Å². The number of aliphatic hydroxyl groups excluding tert-OH is 1. The molecule has 5 heteroatoms. The number of rotatable bonds is 3. The van der Waals surface area contributed by atoms with E-state index in [9.17, 15) is 0 Å². The highest BCUT2D eigenvalue weighted by Gasteiger charge is 2.00. The SMILES string of the molecule is C/C(N)=C(/N)N(N)CCO. The third kappa shape index (κ3) is 2.56. The molecule has 10 heavy (non-hydrogen) atoms. The molecule has 0 saturated carbocycles. The van der Waals surface area contributed by atoms with Crippen LogP contribution in [-0.2, 0) is 0 Å². The van der Waals surface area contributed by atoms with Crippen LogP contribution in [0.5, 0.6) is 0 Å². The monoisotopic (exact) mass is 146 g/mol. The van der Waals surface area contributed by atoms with Crippen molar-refractivity contribution in [2.45, 2.75) is 6.92 Å². The molecule has 0 radical (unpaired) electrons. The molecule has 0 aromatic carbocycles. The Balaban J connectivity index is 3.94. The lowest BCUT2D eigenvalue weighted by atomic mass is 10.5. The molecule has 5 nitrogen and oxygen atoms in total. The second-order valence-electron chi connectivity index (χ2n) is 1.99. The number of nitrogens with zero attached hydrogens (tertiary/aromatic N) is 1. The van der Waals surface area contributed by atoms with E-state index >= 15 is 0 Å². The number of aliphatic hydroxyl groups is 1. The third-order valence-electron chi connectivity index (χ3n) is 1.05. The molecule has 0 unspecified atom stereocenters. The highest BCUT2D eigenvalue weighted by Crippen LogP contribution is 1.91. The van der Waals surface area contributed by atoms with Gasteiger partial charge in [-0.15, -0.1) is 0 Å². The van der Waals surface area contributed by atoms with Crippen molar-refractivity contribution in [1.82, 2.24) is 5.01 Å². The van der Waals surface area contributed by atoms with Crippen molar-refractivity contribution in [3.05, 3.63) is 11.5 Å². The van der Waals surface area contributed by atoms with Crippen LogP contribution in [0.4, 0.5) is 0 Å². The van der Waals surface area contributed by atoms with E-state index in [0.29, 0.717) is 18.1 Å². The Kier molecular flexibility index (Phi) is 3.60. The zero-order valence-corrected chi connectivity index (χ0v) is 6.04. The minimum atomic E-state index is -0.0372. The van der Waals surface area contributed by atoms with Crippen LogP contribution in [0.15, 0.2) is 11.5 Å². The average molecular weight is 146 g/mol. The first-order valence-corrected chi connectivity index (χ1v) is 2.94. The highest BCUT2D eigenvalue weighted by atomic mass is 16.3. The predicted molar refractivity (Wildman–Crippen MR) is 39.1 cm³/mol. The van der Waals surface area contributed by atoms with Crippen LogP contribution in [0.25, 0.3) is 0 Å². The Morgan fingerprint density at radius 3 is 2.30 bits per heavy atom. The summed E-state index contributed by atoms with van der Waals surface area (Å²) in [5.74, 6) is 5.64. The van der Waals surface area contributed by atoms with Gasteiger partial charge in [-0.05, 0) is 6.92 Å². The van der Waals surface area contributed by atoms with Gasteiger partial charge in [-0.2, -0.15) is 0 Å². The van der Waals surface area contributed by atoms with Crippen molar-refractivity contribution < 1.29 is 5.11 Å². The molecule has 0 fully saturated rings. The maximum atomic E-state index is 8.43. The van der Waals surface area contributed by atoms with Gasteiger partial charge in [-0.3, -0.25) is 5.01 Å². The zero-order valence-electron chi connectivity index (χ0n) is 6.04. The molecule has 0 amide bonds. The molecular weight excluding hydrogens is 132 g/mol. The Hall–Kier alpha value is -0.940. The van der Waals surface area contributed by atoms with E-state index in [1.165, 1.54) is 5.01 Å². The van der Waals surface area contributed by atoms with Crippen LogP contribution in [0, 0.1) is 0 Å². The third-order valence-corrected chi connectivity index (χ3v) is 1.05. The van der Waals surface area contributed by atoms with Crippen LogP contribution in [-0.4, -0.2) is 23.3 Å². The standard InChI is InChI=1S/C5H14N4O/c1-4(6)5(7)9(8)2-3-10/h10H,2-3,6-8H2,1H3/b5-4+. The molecule has 0 atom stereocenters. The van der Waals surface area contributed by atoms with Crippen LogP contribution in [0.2, 0.25) is 0 Å². The lowest BCUT2D eigenvalue weighted by Gasteiger charge is -2.17. The molecule has 0 aliphatic carbocycles. The van der Waals surface area contributed by atoms with Gasteiger partial charge in [-0.1, -0.05) is 0 Å². The molecule has 0 heterocycles. The fraction of sp³-hybridized carbons (Fsp3) is 0.600. The summed E-state index contributed by atoms with van der Waals surface area (Å²) < 4.78 is 0. The zero-order chi connectivity index (χ0) is 8.15. The minimum absolute atomic E-state index is 0.0372. The summed E-state index contributed by atoms with van der Waals surface area (Å²) in [5, 5.41) is 9.63. The van der Waals surface area contributed by atoms with E-state index in [4.69, 9.17) is 22.4 Å². The maximum Gasteiger partial charge on any atom is 0.132 e. The molecule has 60 valence electrons. The van der Waals surface area contributed by atoms with E-state index in [1.807, 2.05) is 0 Å². The maximum absolute atomic E-state index is 8.43. The van der Waals surface area contributed by atoms with E-state index in [0.717, 1.165) is 0 Å². The van der Waals surface area contributed by atoms with Crippen LogP contribution < -0.4 is 17.3 Å². The quantitative estimate of drug-likeness (QED) is 0.280. The van der Waals surface area contributed by atoms with Gasteiger partial charge >= 0.3 is 0 Å². The van der Waals surface area contributed by atoms with E-state index in [1.54, 1.807) is 6.92 Å². The molecule has 0 rings (SSSR count). The molecule has 0 aromatic rings. The molecule has 0 aliphatic rings. The summed E-state index contributed by atoms with van der Waals surface area (Å²) in [6.07, 6.45) is 0. The van der Waals surface area contributed by atoms with E-state index in [2.05, 4.69) is 0 Å². The summed E-state index contributed by atoms with van der Waals surface area (Å²) in [5.41, 5.74) is 11.2. The number of nitrogens with two attached hydrogens (primary N) is 3. The van der Waals surface area contributed by atoms with Crippen LogP contribution >= 0.6 is 0 Å². The Labute approximate surface area is 60.1 Å². The van der Waals surface area contributed by atoms with Crippen molar-refractivity contribution in [1.29, 1.82) is 0 Å². The number of hydrazine groups is 1. The minimum Gasteiger partial charge on any atom is -0.399 e. The lowest BCUT2D eigenvalue weighted by Crippen LogP contribution is -2.38. The first-order valence-electron chi connectivity index (χ1n) is 2.94. The molecular formula is C5H14N4O. The van der Waals surface area contributed by atoms with Crippen molar-refractivity contribution >= 4 is 0 Å². The summed E-state index contributed by atoms with van der Waals surface area (Å²) in [6.45, 7) is 1.90. The van der Waals surface area contributed by atoms with Gasteiger partial charge in [0.15, 0.2) is 0 Å². The smallest absolute Gasteiger partial charge is 0.132 e. The van der Waals surface area contributed by atoms with Gasteiger partial charge in [0.2, 0.25) is 0 Å². The first kappa shape index (κ1) is 9.06. The van der Waals surface area contributed by atoms with Gasteiger partial charge in [-0.25, -0.2) is 5.84 Å². The normalized spacial score (nSPS) is 12.7. The first-order chi connectivity index (χ1) is 4.59. The van der Waals surface area contributed by atoms with Gasteiger partial charge < -0.3 is 16.6 Å². The van der Waals surface area contributed by atoms with Gasteiger partial charge in [0.25, 0.3) is 0 Å². The van der Waals surface area contributed by atoms with Gasteiger partial charge in [0.05, 0.1) is 13.2 Å². The number of hydrogen-bond acceptors (Lipinski definition) is 5. The summed E-state index contributed by atoms with van der Waals surface area (Å²) in [6, 6.07) is 0. The number of hydrogen-bond donors (Lipinski definition) is 4. The van der Waals surface area contributed by atoms with Gasteiger partial charge in [0.1, 0.15) is 5.82 Å². The van der Waals surface area contributed by atoms with Gasteiger partial charge in [0, 0.05) is 5.70 Å². The topological polar surface area (TPSA) is 102 Å². The largest absolute Gasteiger partial charge is 0.399 e. The Bertz CT molecular complexity index is 130. The van der Waals surface area contributed by atoms with E-state index in [-0.39, 0.29) is 6.61 Å². The second-order valence-corrected chi connectivity index (χ2v) is 1.99. The fourth-order valence-corrected chi connectivity index (χ4v) is 0.455.